The van der Waals surface area contributed by atoms with Crippen LogP contribution in [0, 0.1) is 6.92 Å². The van der Waals surface area contributed by atoms with Gasteiger partial charge in [0.15, 0.2) is 0 Å². The Morgan fingerprint density at radius 3 is 2.70 bits per heavy atom. The van der Waals surface area contributed by atoms with Crippen LogP contribution < -0.4 is 5.32 Å². The fourth-order valence-corrected chi connectivity index (χ4v) is 2.56. The van der Waals surface area contributed by atoms with E-state index in [9.17, 15) is 4.79 Å². The van der Waals surface area contributed by atoms with Crippen LogP contribution in [0.5, 0.6) is 0 Å². The monoisotopic (exact) mass is 375 g/mol. The van der Waals surface area contributed by atoms with Crippen molar-refractivity contribution in [1.29, 1.82) is 0 Å². The lowest BCUT2D eigenvalue weighted by molar-refractivity contribution is -0.129. The van der Waals surface area contributed by atoms with E-state index in [4.69, 9.17) is 0 Å². The Hall–Kier alpha value is -1.88. The van der Waals surface area contributed by atoms with Gasteiger partial charge in [-0.15, -0.1) is 0 Å². The Kier molecular flexibility index (Phi) is 6.59. The molecular weight excluding hydrogens is 354 g/mol. The Bertz CT molecular complexity index is 646. The van der Waals surface area contributed by atoms with E-state index in [-0.39, 0.29) is 5.91 Å². The van der Waals surface area contributed by atoms with Gasteiger partial charge in [0.25, 0.3) is 0 Å². The van der Waals surface area contributed by atoms with Gasteiger partial charge < -0.3 is 10.2 Å². The Labute approximate surface area is 146 Å². The minimum absolute atomic E-state index is 0.151. The number of anilines is 1. The lowest BCUT2D eigenvalue weighted by Gasteiger charge is -2.17. The molecule has 0 radical (unpaired) electrons. The third-order valence-corrected chi connectivity index (χ3v) is 4.61. The number of likely N-dealkylation sites (N-methyl/N-ethyl adjacent to an activating group) is 1. The molecule has 0 aliphatic heterocycles. The summed E-state index contributed by atoms with van der Waals surface area (Å²) in [6.45, 7) is 3.40. The maximum absolute atomic E-state index is 12.1. The number of nitrogens with one attached hydrogen (secondary N) is 1. The molecule has 1 amide bonds. The van der Waals surface area contributed by atoms with Gasteiger partial charge in [0.2, 0.25) is 5.91 Å². The maximum atomic E-state index is 12.1. The maximum Gasteiger partial charge on any atom is 0.224 e. The summed E-state index contributed by atoms with van der Waals surface area (Å²) in [4.78, 5) is 17.9. The summed E-state index contributed by atoms with van der Waals surface area (Å²) in [5, 5.41) is 3.29. The number of rotatable bonds is 7. The van der Waals surface area contributed by atoms with Crippen molar-refractivity contribution in [3.8, 4) is 0 Å². The van der Waals surface area contributed by atoms with Gasteiger partial charge in [-0.2, -0.15) is 0 Å². The summed E-state index contributed by atoms with van der Waals surface area (Å²) < 4.78 is 1.07. The van der Waals surface area contributed by atoms with Gasteiger partial charge in [-0.05, 0) is 48.7 Å². The van der Waals surface area contributed by atoms with Crippen molar-refractivity contribution < 1.29 is 4.79 Å². The number of aromatic nitrogens is 1. The number of pyridine rings is 1. The summed E-state index contributed by atoms with van der Waals surface area (Å²) in [5.41, 5.74) is 3.42. The van der Waals surface area contributed by atoms with Gasteiger partial charge in [0.05, 0.1) is 0 Å². The van der Waals surface area contributed by atoms with Crippen LogP contribution in [-0.4, -0.2) is 35.9 Å². The summed E-state index contributed by atoms with van der Waals surface area (Å²) in [6.07, 6.45) is 4.89. The molecule has 23 heavy (non-hydrogen) atoms. The molecular formula is C18H22BrN3O. The highest BCUT2D eigenvalue weighted by Crippen LogP contribution is 2.20. The largest absolute Gasteiger partial charge is 0.384 e. The van der Waals surface area contributed by atoms with Crippen molar-refractivity contribution in [2.24, 2.45) is 0 Å². The molecule has 122 valence electrons. The molecule has 0 unspecified atom stereocenters. The predicted molar refractivity (Wildman–Crippen MR) is 97.6 cm³/mol. The van der Waals surface area contributed by atoms with Gasteiger partial charge in [-0.25, -0.2) is 0 Å². The zero-order chi connectivity index (χ0) is 16.7. The number of hydrogen-bond acceptors (Lipinski definition) is 3. The molecule has 1 N–H and O–H groups in total. The standard InChI is InChI=1S/C18H22BrN3O/c1-14-3-4-16(13-17(14)19)21-11-7-18(23)22(2)12-8-15-5-9-20-10-6-15/h3-6,9-10,13,21H,7-8,11-12H2,1-2H3. The number of benzene rings is 1. The number of halogens is 1. The van der Waals surface area contributed by atoms with E-state index in [0.29, 0.717) is 13.0 Å². The first kappa shape index (κ1) is 17.5. The topological polar surface area (TPSA) is 45.2 Å². The van der Waals surface area contributed by atoms with Crippen molar-refractivity contribution in [2.45, 2.75) is 19.8 Å². The number of carbonyl (C=O) groups is 1. The van der Waals surface area contributed by atoms with Crippen LogP contribution >= 0.6 is 15.9 Å². The number of aryl methyl sites for hydroxylation is 1. The molecule has 4 nitrogen and oxygen atoms in total. The van der Waals surface area contributed by atoms with Crippen molar-refractivity contribution in [1.82, 2.24) is 9.88 Å². The molecule has 1 aromatic heterocycles. The van der Waals surface area contributed by atoms with Crippen molar-refractivity contribution >= 4 is 27.5 Å². The van der Waals surface area contributed by atoms with E-state index in [0.717, 1.165) is 23.1 Å². The van der Waals surface area contributed by atoms with Crippen LogP contribution in [0.25, 0.3) is 0 Å². The Morgan fingerprint density at radius 2 is 2.00 bits per heavy atom. The second-order valence-electron chi connectivity index (χ2n) is 5.56. The molecule has 5 heteroatoms. The molecule has 0 spiro atoms. The zero-order valence-electron chi connectivity index (χ0n) is 13.6. The smallest absolute Gasteiger partial charge is 0.224 e. The number of hydrogen-bond donors (Lipinski definition) is 1. The number of nitrogens with zero attached hydrogens (tertiary/aromatic N) is 2. The van der Waals surface area contributed by atoms with E-state index in [2.05, 4.69) is 39.2 Å². The first-order chi connectivity index (χ1) is 11.1. The van der Waals surface area contributed by atoms with Crippen molar-refractivity contribution in [2.75, 3.05) is 25.5 Å². The predicted octanol–water partition coefficient (Wildman–Crippen LogP) is 3.66. The highest BCUT2D eigenvalue weighted by molar-refractivity contribution is 9.10. The van der Waals surface area contributed by atoms with E-state index in [1.165, 1.54) is 11.1 Å². The van der Waals surface area contributed by atoms with Crippen LogP contribution in [0.1, 0.15) is 17.5 Å². The molecule has 0 bridgehead atoms. The summed E-state index contributed by atoms with van der Waals surface area (Å²) >= 11 is 3.51. The van der Waals surface area contributed by atoms with Crippen LogP contribution in [-0.2, 0) is 11.2 Å². The van der Waals surface area contributed by atoms with E-state index >= 15 is 0 Å². The molecule has 0 fully saturated rings. The highest BCUT2D eigenvalue weighted by Gasteiger charge is 2.08. The van der Waals surface area contributed by atoms with E-state index in [1.807, 2.05) is 31.3 Å². The highest BCUT2D eigenvalue weighted by atomic mass is 79.9. The SMILES string of the molecule is Cc1ccc(NCCC(=O)N(C)CCc2ccncc2)cc1Br. The summed E-state index contributed by atoms with van der Waals surface area (Å²) in [7, 11) is 1.85. The molecule has 0 saturated carbocycles. The summed E-state index contributed by atoms with van der Waals surface area (Å²) in [6, 6.07) is 10.1. The molecule has 1 aromatic carbocycles. The molecule has 0 aliphatic rings. The van der Waals surface area contributed by atoms with Crippen molar-refractivity contribution in [3.63, 3.8) is 0 Å². The van der Waals surface area contributed by atoms with Gasteiger partial charge in [-0.1, -0.05) is 22.0 Å². The van der Waals surface area contributed by atoms with Crippen LogP contribution in [0.2, 0.25) is 0 Å². The zero-order valence-corrected chi connectivity index (χ0v) is 15.1. The first-order valence-corrected chi connectivity index (χ1v) is 8.48. The third kappa shape index (κ3) is 5.67. The van der Waals surface area contributed by atoms with E-state index < -0.39 is 0 Å². The molecule has 0 atom stereocenters. The minimum atomic E-state index is 0.151. The average Bonchev–Trinajstić information content (AvgIpc) is 2.56. The van der Waals surface area contributed by atoms with Crippen LogP contribution in [0.15, 0.2) is 47.2 Å². The quantitative estimate of drug-likeness (QED) is 0.802. The van der Waals surface area contributed by atoms with Gasteiger partial charge in [0.1, 0.15) is 0 Å². The number of amides is 1. The third-order valence-electron chi connectivity index (χ3n) is 3.75. The average molecular weight is 376 g/mol. The normalized spacial score (nSPS) is 10.4. The Balaban J connectivity index is 1.72. The second-order valence-corrected chi connectivity index (χ2v) is 6.42. The van der Waals surface area contributed by atoms with Crippen molar-refractivity contribution in [3.05, 3.63) is 58.3 Å². The molecule has 2 aromatic rings. The first-order valence-electron chi connectivity index (χ1n) is 7.69. The second kappa shape index (κ2) is 8.67. The van der Waals surface area contributed by atoms with Gasteiger partial charge in [-0.3, -0.25) is 9.78 Å². The fraction of sp³-hybridized carbons (Fsp3) is 0.333. The lowest BCUT2D eigenvalue weighted by atomic mass is 10.2. The Morgan fingerprint density at radius 1 is 1.26 bits per heavy atom. The molecule has 0 aliphatic carbocycles. The van der Waals surface area contributed by atoms with Crippen LogP contribution in [0.4, 0.5) is 5.69 Å². The molecule has 0 saturated heterocycles. The minimum Gasteiger partial charge on any atom is -0.384 e. The van der Waals surface area contributed by atoms with Gasteiger partial charge >= 0.3 is 0 Å². The number of carbonyl (C=O) groups excluding carboxylic acids is 1. The van der Waals surface area contributed by atoms with Crippen LogP contribution in [0.3, 0.4) is 0 Å². The lowest BCUT2D eigenvalue weighted by Crippen LogP contribution is -2.30. The fourth-order valence-electron chi connectivity index (χ4n) is 2.18. The molecule has 1 heterocycles. The van der Waals surface area contributed by atoms with Gasteiger partial charge in [0, 0.05) is 49.1 Å². The van der Waals surface area contributed by atoms with E-state index in [1.54, 1.807) is 17.3 Å². The molecule has 2 rings (SSSR count). The summed E-state index contributed by atoms with van der Waals surface area (Å²) in [5.74, 6) is 0.151.